The SMILES string of the molecule is COC(=O)CP(=O)(CC(=O)OC)N(C)CCCSSc1ccccn1. The zero-order chi connectivity index (χ0) is 18.7. The summed E-state index contributed by atoms with van der Waals surface area (Å²) in [4.78, 5) is 27.3. The summed E-state index contributed by atoms with van der Waals surface area (Å²) >= 11 is 0. The molecule has 0 radical (unpaired) electrons. The molecule has 1 rings (SSSR count). The number of rotatable bonds is 11. The van der Waals surface area contributed by atoms with Crippen molar-refractivity contribution in [2.75, 3.05) is 45.9 Å². The number of carbonyl (C=O) groups excluding carboxylic acids is 2. The third-order valence-corrected chi connectivity index (χ3v) is 8.62. The lowest BCUT2D eigenvalue weighted by Crippen LogP contribution is -2.27. The van der Waals surface area contributed by atoms with Crippen molar-refractivity contribution in [3.8, 4) is 0 Å². The highest BCUT2D eigenvalue weighted by molar-refractivity contribution is 8.76. The van der Waals surface area contributed by atoms with Crippen molar-refractivity contribution in [1.29, 1.82) is 0 Å². The van der Waals surface area contributed by atoms with Crippen LogP contribution in [0.4, 0.5) is 0 Å². The number of aromatic nitrogens is 1. The maximum Gasteiger partial charge on any atom is 0.314 e. The van der Waals surface area contributed by atoms with Gasteiger partial charge in [0.25, 0.3) is 0 Å². The second-order valence-electron chi connectivity index (χ2n) is 5.12. The van der Waals surface area contributed by atoms with Crippen molar-refractivity contribution in [1.82, 2.24) is 9.65 Å². The Balaban J connectivity index is 2.48. The molecule has 1 aromatic rings. The van der Waals surface area contributed by atoms with Gasteiger partial charge in [0.1, 0.15) is 17.3 Å². The average Bonchev–Trinajstić information content (AvgIpc) is 2.61. The van der Waals surface area contributed by atoms with Crippen molar-refractivity contribution < 1.29 is 23.6 Å². The summed E-state index contributed by atoms with van der Waals surface area (Å²) in [5, 5.41) is 0.933. The smallest absolute Gasteiger partial charge is 0.314 e. The van der Waals surface area contributed by atoms with Gasteiger partial charge in [-0.05, 0) is 36.4 Å². The lowest BCUT2D eigenvalue weighted by atomic mass is 10.5. The van der Waals surface area contributed by atoms with Crippen molar-refractivity contribution >= 4 is 40.8 Å². The van der Waals surface area contributed by atoms with Gasteiger partial charge in [-0.15, -0.1) is 0 Å². The molecule has 0 spiro atoms. The fraction of sp³-hybridized carbons (Fsp3) is 0.533. The lowest BCUT2D eigenvalue weighted by Gasteiger charge is -2.26. The molecule has 0 N–H and O–H groups in total. The van der Waals surface area contributed by atoms with E-state index in [1.54, 1.807) is 39.5 Å². The Morgan fingerprint density at radius 2 is 1.84 bits per heavy atom. The van der Waals surface area contributed by atoms with Gasteiger partial charge in [0.2, 0.25) is 0 Å². The van der Waals surface area contributed by atoms with E-state index in [2.05, 4.69) is 14.5 Å². The maximum absolute atomic E-state index is 13.0. The Bertz CT molecular complexity index is 581. The van der Waals surface area contributed by atoms with Crippen LogP contribution in [0.2, 0.25) is 0 Å². The molecule has 0 aliphatic carbocycles. The van der Waals surface area contributed by atoms with Crippen LogP contribution in [0, 0.1) is 0 Å². The summed E-state index contributed by atoms with van der Waals surface area (Å²) < 4.78 is 23.8. The molecule has 0 saturated heterocycles. The first kappa shape index (κ1) is 22.0. The van der Waals surface area contributed by atoms with Gasteiger partial charge in [0, 0.05) is 18.5 Å². The molecule has 25 heavy (non-hydrogen) atoms. The molecular formula is C15H23N2O5PS2. The van der Waals surface area contributed by atoms with Crippen molar-refractivity contribution in [3.63, 3.8) is 0 Å². The monoisotopic (exact) mass is 406 g/mol. The highest BCUT2D eigenvalue weighted by Crippen LogP contribution is 2.48. The van der Waals surface area contributed by atoms with E-state index >= 15 is 0 Å². The number of pyridine rings is 1. The van der Waals surface area contributed by atoms with E-state index in [1.807, 2.05) is 18.2 Å². The van der Waals surface area contributed by atoms with Gasteiger partial charge in [-0.25, -0.2) is 4.98 Å². The van der Waals surface area contributed by atoms with Crippen LogP contribution >= 0.6 is 28.9 Å². The standard InChI is InChI=1S/C15H23N2O5PS2/c1-17(9-6-10-24-25-13-7-4-5-8-16-13)23(20,11-14(18)21-2)12-15(19)22-3/h4-5,7-8H,6,9-12H2,1-3H3. The summed E-state index contributed by atoms with van der Waals surface area (Å²) in [6, 6.07) is 5.73. The zero-order valence-corrected chi connectivity index (χ0v) is 17.1. The van der Waals surface area contributed by atoms with Gasteiger partial charge in [0.15, 0.2) is 7.29 Å². The molecule has 0 bridgehead atoms. The second kappa shape index (κ2) is 11.6. The summed E-state index contributed by atoms with van der Waals surface area (Å²) in [5.74, 6) is -0.375. The van der Waals surface area contributed by atoms with Crippen LogP contribution in [-0.2, 0) is 23.6 Å². The van der Waals surface area contributed by atoms with E-state index in [1.165, 1.54) is 14.2 Å². The van der Waals surface area contributed by atoms with Crippen LogP contribution in [0.5, 0.6) is 0 Å². The van der Waals surface area contributed by atoms with Gasteiger partial charge >= 0.3 is 11.9 Å². The number of ether oxygens (including phenoxy) is 2. The largest absolute Gasteiger partial charge is 0.469 e. The van der Waals surface area contributed by atoms with Gasteiger partial charge in [-0.1, -0.05) is 16.9 Å². The topological polar surface area (TPSA) is 85.8 Å². The van der Waals surface area contributed by atoms with Gasteiger partial charge in [0.05, 0.1) is 14.2 Å². The van der Waals surface area contributed by atoms with Crippen LogP contribution in [0.3, 0.4) is 0 Å². The molecule has 0 fully saturated rings. The van der Waals surface area contributed by atoms with Crippen molar-refractivity contribution in [3.05, 3.63) is 24.4 Å². The minimum atomic E-state index is -3.21. The first-order valence-electron chi connectivity index (χ1n) is 7.55. The third kappa shape index (κ3) is 8.27. The predicted octanol–water partition coefficient (Wildman–Crippen LogP) is 2.77. The van der Waals surface area contributed by atoms with Gasteiger partial charge < -0.3 is 14.0 Å². The number of esters is 2. The molecule has 0 aliphatic heterocycles. The Hall–Kier alpha value is -1.02. The van der Waals surface area contributed by atoms with E-state index in [-0.39, 0.29) is 12.3 Å². The fourth-order valence-corrected chi connectivity index (χ4v) is 5.98. The van der Waals surface area contributed by atoms with Crippen LogP contribution in [-0.4, -0.2) is 67.5 Å². The fourth-order valence-electron chi connectivity index (χ4n) is 1.86. The van der Waals surface area contributed by atoms with Gasteiger partial charge in [-0.2, -0.15) is 0 Å². The molecule has 0 atom stereocenters. The van der Waals surface area contributed by atoms with E-state index in [9.17, 15) is 14.2 Å². The summed E-state index contributed by atoms with van der Waals surface area (Å²) in [7, 11) is 4.14. The molecule has 1 heterocycles. The van der Waals surface area contributed by atoms with Gasteiger partial charge in [-0.3, -0.25) is 14.3 Å². The molecule has 140 valence electrons. The average molecular weight is 406 g/mol. The predicted molar refractivity (Wildman–Crippen MR) is 101 cm³/mol. The first-order valence-corrected chi connectivity index (χ1v) is 11.9. The molecule has 1 aromatic heterocycles. The normalized spacial score (nSPS) is 11.4. The lowest BCUT2D eigenvalue weighted by molar-refractivity contribution is -0.137. The number of hydrogen-bond acceptors (Lipinski definition) is 8. The number of nitrogens with zero attached hydrogens (tertiary/aromatic N) is 2. The van der Waals surface area contributed by atoms with Crippen LogP contribution in [0.1, 0.15) is 6.42 Å². The van der Waals surface area contributed by atoms with Crippen molar-refractivity contribution in [2.24, 2.45) is 0 Å². The number of carbonyl (C=O) groups is 2. The van der Waals surface area contributed by atoms with Crippen LogP contribution in [0.25, 0.3) is 0 Å². The molecule has 0 aliphatic rings. The maximum atomic E-state index is 13.0. The molecule has 0 saturated carbocycles. The summed E-state index contributed by atoms with van der Waals surface area (Å²) in [6.45, 7) is 0.501. The quantitative estimate of drug-likeness (QED) is 0.238. The Labute approximate surface area is 156 Å². The molecule has 0 aromatic carbocycles. The zero-order valence-electron chi connectivity index (χ0n) is 14.5. The number of methoxy groups -OCH3 is 2. The van der Waals surface area contributed by atoms with E-state index in [0.29, 0.717) is 6.54 Å². The van der Waals surface area contributed by atoms with Crippen LogP contribution in [0.15, 0.2) is 29.4 Å². The highest BCUT2D eigenvalue weighted by atomic mass is 33.1. The van der Waals surface area contributed by atoms with E-state index in [4.69, 9.17) is 0 Å². The number of hydrogen-bond donors (Lipinski definition) is 0. The minimum absolute atomic E-state index is 0.301. The van der Waals surface area contributed by atoms with E-state index in [0.717, 1.165) is 17.2 Å². The van der Waals surface area contributed by atoms with Crippen LogP contribution < -0.4 is 0 Å². The molecule has 0 amide bonds. The third-order valence-electron chi connectivity index (χ3n) is 3.32. The molecule has 10 heteroatoms. The van der Waals surface area contributed by atoms with Crippen molar-refractivity contribution in [2.45, 2.75) is 11.4 Å². The Kier molecular flexibility index (Phi) is 10.2. The first-order chi connectivity index (χ1) is 11.9. The molecular weight excluding hydrogens is 383 g/mol. The van der Waals surface area contributed by atoms with E-state index < -0.39 is 19.2 Å². The highest BCUT2D eigenvalue weighted by Gasteiger charge is 2.34. The summed E-state index contributed by atoms with van der Waals surface area (Å²) in [6.07, 6.45) is 1.90. The summed E-state index contributed by atoms with van der Waals surface area (Å²) in [5.41, 5.74) is 0. The molecule has 7 nitrogen and oxygen atoms in total. The second-order valence-corrected chi connectivity index (χ2v) is 10.6. The Morgan fingerprint density at radius 3 is 2.36 bits per heavy atom. The Morgan fingerprint density at radius 1 is 1.20 bits per heavy atom. The molecule has 0 unspecified atom stereocenters. The minimum Gasteiger partial charge on any atom is -0.469 e.